The Morgan fingerprint density at radius 3 is 2.81 bits per heavy atom. The van der Waals surface area contributed by atoms with Gasteiger partial charge in [0.15, 0.2) is 5.72 Å². The molecule has 0 bridgehead atoms. The Hall–Kier alpha value is -2.61. The van der Waals surface area contributed by atoms with E-state index in [2.05, 4.69) is 5.32 Å². The fraction of sp³-hybridized carbons (Fsp3) is 0.625. The normalized spacial score (nSPS) is 32.5. The molecule has 2 N–H and O–H groups in total. The number of para-hydroxylation sites is 1. The van der Waals surface area contributed by atoms with Crippen molar-refractivity contribution >= 4 is 17.7 Å². The van der Waals surface area contributed by atoms with Crippen LogP contribution in [0.4, 0.5) is 0 Å². The minimum absolute atomic E-state index is 0.0404. The third-order valence-electron chi connectivity index (χ3n) is 7.65. The highest BCUT2D eigenvalue weighted by Gasteiger charge is 2.44. The first-order chi connectivity index (χ1) is 15.5. The number of fused-ring (bicyclic) bond motifs is 2. The standard InChI is InChI=1S/C24H31N3O5/c28-19-10-13-27(18-7-3-1-5-16(18)19)22(30)15-26-14-12-24(11-9-21(26)29)25-23(31)17-6-2-4-8-20(17)32-24/h2,4,6,8,16,18-19,28H,1,3,5,7,9-15H2,(H,25,31)/t16-,18+,19-,24+/m0/s1. The highest BCUT2D eigenvalue weighted by atomic mass is 16.5. The van der Waals surface area contributed by atoms with Gasteiger partial charge in [0.2, 0.25) is 11.8 Å². The Kier molecular flexibility index (Phi) is 5.57. The number of rotatable bonds is 2. The Balaban J connectivity index is 1.26. The van der Waals surface area contributed by atoms with E-state index < -0.39 is 5.72 Å². The van der Waals surface area contributed by atoms with Crippen molar-refractivity contribution in [2.75, 3.05) is 19.6 Å². The van der Waals surface area contributed by atoms with Gasteiger partial charge in [-0.1, -0.05) is 25.0 Å². The van der Waals surface area contributed by atoms with Gasteiger partial charge < -0.3 is 25.0 Å². The van der Waals surface area contributed by atoms with Crippen LogP contribution in [0.3, 0.4) is 0 Å². The summed E-state index contributed by atoms with van der Waals surface area (Å²) in [5.41, 5.74) is -0.433. The number of likely N-dealkylation sites (tertiary alicyclic amines) is 2. The number of aliphatic hydroxyl groups is 1. The third kappa shape index (κ3) is 3.85. The Bertz CT molecular complexity index is 921. The Morgan fingerprint density at radius 2 is 1.94 bits per heavy atom. The first-order valence-electron chi connectivity index (χ1n) is 11.8. The molecule has 1 aromatic carbocycles. The molecule has 8 heteroatoms. The molecule has 8 nitrogen and oxygen atoms in total. The van der Waals surface area contributed by atoms with E-state index in [1.54, 1.807) is 23.1 Å². The average molecular weight is 442 g/mol. The number of ether oxygens (including phenoxy) is 1. The first-order valence-corrected chi connectivity index (χ1v) is 11.8. The highest BCUT2D eigenvalue weighted by molar-refractivity contribution is 5.98. The third-order valence-corrected chi connectivity index (χ3v) is 7.65. The molecule has 0 aromatic heterocycles. The second-order valence-corrected chi connectivity index (χ2v) is 9.57. The summed E-state index contributed by atoms with van der Waals surface area (Å²) < 4.78 is 6.18. The summed E-state index contributed by atoms with van der Waals surface area (Å²) in [7, 11) is 0. The molecule has 1 saturated carbocycles. The molecule has 5 rings (SSSR count). The molecule has 2 saturated heterocycles. The average Bonchev–Trinajstić information content (AvgIpc) is 2.94. The van der Waals surface area contributed by atoms with E-state index in [0.29, 0.717) is 43.7 Å². The molecule has 4 atom stereocenters. The summed E-state index contributed by atoms with van der Waals surface area (Å²) in [5, 5.41) is 13.4. The zero-order valence-corrected chi connectivity index (χ0v) is 18.3. The van der Waals surface area contributed by atoms with Crippen molar-refractivity contribution in [1.29, 1.82) is 0 Å². The van der Waals surface area contributed by atoms with Crippen molar-refractivity contribution in [3.63, 3.8) is 0 Å². The zero-order chi connectivity index (χ0) is 22.3. The van der Waals surface area contributed by atoms with E-state index in [0.717, 1.165) is 25.7 Å². The minimum Gasteiger partial charge on any atom is -0.467 e. The molecule has 3 fully saturated rings. The Labute approximate surface area is 187 Å². The number of carbonyl (C=O) groups excluding carboxylic acids is 3. The predicted octanol–water partition coefficient (Wildman–Crippen LogP) is 1.67. The number of hydrogen-bond acceptors (Lipinski definition) is 5. The van der Waals surface area contributed by atoms with Gasteiger partial charge in [0.05, 0.1) is 18.2 Å². The van der Waals surface area contributed by atoms with Gasteiger partial charge in [0.25, 0.3) is 5.91 Å². The molecule has 32 heavy (non-hydrogen) atoms. The first kappa shape index (κ1) is 21.2. The molecule has 3 heterocycles. The van der Waals surface area contributed by atoms with Gasteiger partial charge in [-0.2, -0.15) is 0 Å². The van der Waals surface area contributed by atoms with Crippen LogP contribution in [0.2, 0.25) is 0 Å². The maximum atomic E-state index is 13.2. The van der Waals surface area contributed by atoms with Crippen molar-refractivity contribution in [3.8, 4) is 5.75 Å². The van der Waals surface area contributed by atoms with Gasteiger partial charge in [-0.25, -0.2) is 0 Å². The van der Waals surface area contributed by atoms with E-state index in [1.165, 1.54) is 0 Å². The van der Waals surface area contributed by atoms with Gasteiger partial charge in [0.1, 0.15) is 5.75 Å². The number of benzene rings is 1. The lowest BCUT2D eigenvalue weighted by Crippen LogP contribution is -2.57. The molecule has 172 valence electrons. The lowest BCUT2D eigenvalue weighted by Gasteiger charge is -2.46. The van der Waals surface area contributed by atoms with Crippen LogP contribution < -0.4 is 10.1 Å². The van der Waals surface area contributed by atoms with Crippen molar-refractivity contribution in [2.45, 2.75) is 69.2 Å². The SMILES string of the molecule is O=C1N[C@]2(CCC(=O)N(CC(=O)N3CC[C@H](O)[C@H]4CCCC[C@H]43)CC2)Oc2ccccc21. The molecule has 0 radical (unpaired) electrons. The highest BCUT2D eigenvalue weighted by Crippen LogP contribution is 2.36. The summed E-state index contributed by atoms with van der Waals surface area (Å²) in [4.78, 5) is 42.2. The summed E-state index contributed by atoms with van der Waals surface area (Å²) in [6.07, 6.45) is 5.32. The van der Waals surface area contributed by atoms with Gasteiger partial charge >= 0.3 is 0 Å². The van der Waals surface area contributed by atoms with E-state index in [9.17, 15) is 19.5 Å². The molecule has 1 aliphatic carbocycles. The summed E-state index contributed by atoms with van der Waals surface area (Å²) in [5.74, 6) is 0.346. The summed E-state index contributed by atoms with van der Waals surface area (Å²) in [6, 6.07) is 7.19. The van der Waals surface area contributed by atoms with Crippen molar-refractivity contribution in [3.05, 3.63) is 29.8 Å². The smallest absolute Gasteiger partial charge is 0.258 e. The maximum Gasteiger partial charge on any atom is 0.258 e. The molecule has 3 aliphatic heterocycles. The van der Waals surface area contributed by atoms with Crippen LogP contribution in [0.1, 0.15) is 61.7 Å². The number of nitrogens with one attached hydrogen (secondary N) is 1. The van der Waals surface area contributed by atoms with Crippen LogP contribution in [-0.2, 0) is 9.59 Å². The second-order valence-electron chi connectivity index (χ2n) is 9.57. The minimum atomic E-state index is -0.928. The van der Waals surface area contributed by atoms with E-state index in [4.69, 9.17) is 4.74 Å². The van der Waals surface area contributed by atoms with Crippen molar-refractivity contribution in [2.24, 2.45) is 5.92 Å². The van der Waals surface area contributed by atoms with Crippen LogP contribution >= 0.6 is 0 Å². The van der Waals surface area contributed by atoms with Crippen molar-refractivity contribution in [1.82, 2.24) is 15.1 Å². The maximum absolute atomic E-state index is 13.2. The number of amides is 3. The largest absolute Gasteiger partial charge is 0.467 e. The summed E-state index contributed by atoms with van der Waals surface area (Å²) in [6.45, 7) is 0.930. The monoisotopic (exact) mass is 441 g/mol. The molecule has 1 aromatic rings. The second kappa shape index (κ2) is 8.39. The number of piperidine rings is 1. The molecule has 3 amide bonds. The lowest BCUT2D eigenvalue weighted by atomic mass is 9.76. The van der Waals surface area contributed by atoms with Gasteiger partial charge in [0, 0.05) is 44.3 Å². The van der Waals surface area contributed by atoms with E-state index in [-0.39, 0.29) is 48.8 Å². The predicted molar refractivity (Wildman–Crippen MR) is 116 cm³/mol. The number of hydrogen-bond donors (Lipinski definition) is 2. The van der Waals surface area contributed by atoms with Gasteiger partial charge in [-0.3, -0.25) is 14.4 Å². The fourth-order valence-corrected chi connectivity index (χ4v) is 5.87. The van der Waals surface area contributed by atoms with Gasteiger partial charge in [-0.15, -0.1) is 0 Å². The van der Waals surface area contributed by atoms with Crippen LogP contribution in [-0.4, -0.2) is 70.1 Å². The number of aliphatic hydroxyl groups excluding tert-OH is 1. The van der Waals surface area contributed by atoms with Gasteiger partial charge in [-0.05, 0) is 31.4 Å². The zero-order valence-electron chi connectivity index (χ0n) is 18.3. The van der Waals surface area contributed by atoms with Crippen LogP contribution in [0, 0.1) is 5.92 Å². The lowest BCUT2D eigenvalue weighted by molar-refractivity contribution is -0.147. The Morgan fingerprint density at radius 1 is 1.12 bits per heavy atom. The molecular formula is C24H31N3O5. The molecule has 4 aliphatic rings. The quantitative estimate of drug-likeness (QED) is 0.727. The summed E-state index contributed by atoms with van der Waals surface area (Å²) >= 11 is 0. The van der Waals surface area contributed by atoms with E-state index >= 15 is 0 Å². The van der Waals surface area contributed by atoms with Crippen LogP contribution in [0.15, 0.2) is 24.3 Å². The van der Waals surface area contributed by atoms with Crippen LogP contribution in [0.5, 0.6) is 5.75 Å². The molecule has 1 spiro atoms. The van der Waals surface area contributed by atoms with Crippen LogP contribution in [0.25, 0.3) is 0 Å². The molecular weight excluding hydrogens is 410 g/mol. The topological polar surface area (TPSA) is 99.2 Å². The number of carbonyl (C=O) groups is 3. The fourth-order valence-electron chi connectivity index (χ4n) is 5.87. The molecule has 0 unspecified atom stereocenters. The van der Waals surface area contributed by atoms with Crippen molar-refractivity contribution < 1.29 is 24.2 Å². The van der Waals surface area contributed by atoms with E-state index in [1.807, 2.05) is 11.0 Å². The number of nitrogens with zero attached hydrogens (tertiary/aromatic N) is 2.